The number of benzene rings is 2. The summed E-state index contributed by atoms with van der Waals surface area (Å²) in [6, 6.07) is 22.1. The van der Waals surface area contributed by atoms with Crippen LogP contribution in [0.3, 0.4) is 0 Å². The van der Waals surface area contributed by atoms with Gasteiger partial charge in [-0.15, -0.1) is 0 Å². The third-order valence-corrected chi connectivity index (χ3v) is 8.86. The number of hydrogen-bond donors (Lipinski definition) is 0. The standard InChI is InChI=1S/C29H40N4O/c1-30(2)29-18-25(23-10-6-4-7-11-23)27(26(19-29)24-12-8-5-9-13-24)20-33(22-29)28(34)21-32-16-14-31(3)15-17-32/h4-13,25-27H,14-22H2,1-3H3. The van der Waals surface area contributed by atoms with Crippen LogP contribution in [0.4, 0.5) is 0 Å². The van der Waals surface area contributed by atoms with Crippen molar-refractivity contribution in [1.82, 2.24) is 19.6 Å². The molecule has 3 aliphatic heterocycles. The van der Waals surface area contributed by atoms with Crippen molar-refractivity contribution in [3.8, 4) is 0 Å². The quantitative estimate of drug-likeness (QED) is 0.685. The molecule has 4 fully saturated rings. The molecule has 2 aromatic carbocycles. The van der Waals surface area contributed by atoms with Crippen LogP contribution in [0.25, 0.3) is 0 Å². The van der Waals surface area contributed by atoms with Crippen molar-refractivity contribution in [1.29, 1.82) is 0 Å². The summed E-state index contributed by atoms with van der Waals surface area (Å²) in [5.74, 6) is 1.63. The molecule has 2 atom stereocenters. The van der Waals surface area contributed by atoms with Crippen LogP contribution in [-0.4, -0.2) is 98.0 Å². The fraction of sp³-hybridized carbons (Fsp3) is 0.552. The number of rotatable bonds is 5. The molecular formula is C29H40N4O. The average Bonchev–Trinajstić information content (AvgIpc) is 3.15. The summed E-state index contributed by atoms with van der Waals surface area (Å²) in [5, 5.41) is 0. The maximum absolute atomic E-state index is 13.7. The molecule has 2 aromatic rings. The normalized spacial score (nSPS) is 30.5. The number of nitrogens with zero attached hydrogens (tertiary/aromatic N) is 4. The molecule has 182 valence electrons. The lowest BCUT2D eigenvalue weighted by molar-refractivity contribution is -0.134. The van der Waals surface area contributed by atoms with Crippen molar-refractivity contribution in [3.63, 3.8) is 0 Å². The highest BCUT2D eigenvalue weighted by Gasteiger charge is 2.53. The fourth-order valence-electron chi connectivity index (χ4n) is 6.67. The van der Waals surface area contributed by atoms with Gasteiger partial charge in [-0.2, -0.15) is 0 Å². The van der Waals surface area contributed by atoms with Gasteiger partial charge in [-0.1, -0.05) is 60.7 Å². The molecule has 0 N–H and O–H groups in total. The summed E-state index contributed by atoms with van der Waals surface area (Å²) in [7, 11) is 6.61. The predicted molar refractivity (Wildman–Crippen MR) is 138 cm³/mol. The zero-order valence-corrected chi connectivity index (χ0v) is 21.1. The number of carbonyl (C=O) groups excluding carboxylic acids is 1. The van der Waals surface area contributed by atoms with Crippen LogP contribution < -0.4 is 0 Å². The van der Waals surface area contributed by atoms with Gasteiger partial charge in [0.15, 0.2) is 0 Å². The molecule has 5 nitrogen and oxygen atoms in total. The van der Waals surface area contributed by atoms with Crippen molar-refractivity contribution in [3.05, 3.63) is 71.8 Å². The van der Waals surface area contributed by atoms with E-state index in [0.717, 1.165) is 52.1 Å². The van der Waals surface area contributed by atoms with E-state index in [9.17, 15) is 4.79 Å². The third kappa shape index (κ3) is 4.66. The predicted octanol–water partition coefficient (Wildman–Crippen LogP) is 3.35. The zero-order chi connectivity index (χ0) is 23.7. The minimum Gasteiger partial charge on any atom is -0.339 e. The van der Waals surface area contributed by atoms with Crippen LogP contribution in [-0.2, 0) is 4.79 Å². The molecule has 2 bridgehead atoms. The highest BCUT2D eigenvalue weighted by atomic mass is 16.2. The zero-order valence-electron chi connectivity index (χ0n) is 21.1. The number of amides is 1. The lowest BCUT2D eigenvalue weighted by atomic mass is 9.61. The summed E-state index contributed by atoms with van der Waals surface area (Å²) >= 11 is 0. The summed E-state index contributed by atoms with van der Waals surface area (Å²) < 4.78 is 0. The van der Waals surface area contributed by atoms with E-state index in [1.165, 1.54) is 11.1 Å². The van der Waals surface area contributed by atoms with E-state index < -0.39 is 0 Å². The van der Waals surface area contributed by atoms with Gasteiger partial charge in [0, 0.05) is 44.8 Å². The summed E-state index contributed by atoms with van der Waals surface area (Å²) in [4.78, 5) is 23.1. The Hall–Kier alpha value is -2.21. The minimum atomic E-state index is -0.0220. The summed E-state index contributed by atoms with van der Waals surface area (Å²) in [6.45, 7) is 6.29. The minimum absolute atomic E-state index is 0.0220. The van der Waals surface area contributed by atoms with Gasteiger partial charge in [-0.25, -0.2) is 0 Å². The fourth-order valence-corrected chi connectivity index (χ4v) is 6.67. The number of hydrogen-bond acceptors (Lipinski definition) is 4. The topological polar surface area (TPSA) is 30.0 Å². The number of likely N-dealkylation sites (N-methyl/N-ethyl adjacent to an activating group) is 2. The highest BCUT2D eigenvalue weighted by molar-refractivity contribution is 5.78. The van der Waals surface area contributed by atoms with Gasteiger partial charge >= 0.3 is 0 Å². The average molecular weight is 461 g/mol. The molecule has 3 heterocycles. The molecule has 0 spiro atoms. The maximum Gasteiger partial charge on any atom is 0.236 e. The van der Waals surface area contributed by atoms with E-state index in [1.54, 1.807) is 0 Å². The smallest absolute Gasteiger partial charge is 0.236 e. The van der Waals surface area contributed by atoms with Crippen molar-refractivity contribution in [2.24, 2.45) is 5.92 Å². The Labute approximate surface area is 205 Å². The molecule has 1 aliphatic carbocycles. The van der Waals surface area contributed by atoms with Gasteiger partial charge in [0.2, 0.25) is 5.91 Å². The van der Waals surface area contributed by atoms with E-state index in [1.807, 2.05) is 0 Å². The van der Waals surface area contributed by atoms with Crippen LogP contribution in [0.1, 0.15) is 35.8 Å². The Morgan fingerprint density at radius 1 is 0.882 bits per heavy atom. The van der Waals surface area contributed by atoms with Gasteiger partial charge in [0.25, 0.3) is 0 Å². The first-order chi connectivity index (χ1) is 16.4. The molecule has 34 heavy (non-hydrogen) atoms. The summed E-state index contributed by atoms with van der Waals surface area (Å²) in [6.07, 6.45) is 2.21. The SMILES string of the molecule is CN1CCN(CC(=O)N2CC3C(c4ccccc4)CC(N(C)C)(CC3c3ccccc3)C2)CC1. The van der Waals surface area contributed by atoms with E-state index in [2.05, 4.69) is 101 Å². The van der Waals surface area contributed by atoms with Crippen LogP contribution in [0.5, 0.6) is 0 Å². The Balaban J connectivity index is 1.48. The lowest BCUT2D eigenvalue weighted by Gasteiger charge is -2.49. The Morgan fingerprint density at radius 3 is 1.91 bits per heavy atom. The van der Waals surface area contributed by atoms with E-state index >= 15 is 0 Å². The Morgan fingerprint density at radius 2 is 1.41 bits per heavy atom. The van der Waals surface area contributed by atoms with Crippen molar-refractivity contribution in [2.45, 2.75) is 30.2 Å². The van der Waals surface area contributed by atoms with Gasteiger partial charge in [0.1, 0.15) is 0 Å². The second-order valence-electron chi connectivity index (χ2n) is 11.1. The maximum atomic E-state index is 13.7. The molecule has 0 aromatic heterocycles. The van der Waals surface area contributed by atoms with Crippen LogP contribution in [0.2, 0.25) is 0 Å². The second kappa shape index (κ2) is 9.80. The number of piperazine rings is 1. The first-order valence-electron chi connectivity index (χ1n) is 12.9. The molecule has 3 saturated heterocycles. The second-order valence-corrected chi connectivity index (χ2v) is 11.1. The first kappa shape index (κ1) is 23.5. The van der Waals surface area contributed by atoms with Gasteiger partial charge in [-0.3, -0.25) is 9.69 Å². The molecule has 4 aliphatic rings. The highest BCUT2D eigenvalue weighted by Crippen LogP contribution is 2.54. The molecule has 1 amide bonds. The Bertz CT molecular complexity index is 905. The van der Waals surface area contributed by atoms with Crippen LogP contribution in [0, 0.1) is 5.92 Å². The van der Waals surface area contributed by atoms with Gasteiger partial charge < -0.3 is 14.7 Å². The van der Waals surface area contributed by atoms with Crippen molar-refractivity contribution in [2.75, 3.05) is 67.0 Å². The van der Waals surface area contributed by atoms with Crippen molar-refractivity contribution < 1.29 is 4.79 Å². The third-order valence-electron chi connectivity index (χ3n) is 8.86. The van der Waals surface area contributed by atoms with E-state index in [-0.39, 0.29) is 5.54 Å². The van der Waals surface area contributed by atoms with Crippen LogP contribution in [0.15, 0.2) is 60.7 Å². The van der Waals surface area contributed by atoms with Gasteiger partial charge in [0.05, 0.1) is 6.54 Å². The molecular weight excluding hydrogens is 420 g/mol. The Kier molecular flexibility index (Phi) is 6.79. The first-order valence-corrected chi connectivity index (χ1v) is 12.9. The number of fused-ring (bicyclic) bond motifs is 4. The molecule has 6 rings (SSSR count). The molecule has 5 heteroatoms. The number of carbonyl (C=O) groups is 1. The van der Waals surface area contributed by atoms with Gasteiger partial charge in [-0.05, 0) is 62.9 Å². The molecule has 2 unspecified atom stereocenters. The van der Waals surface area contributed by atoms with Crippen LogP contribution >= 0.6 is 0 Å². The monoisotopic (exact) mass is 460 g/mol. The lowest BCUT2D eigenvalue weighted by Crippen LogP contribution is -2.55. The summed E-state index contributed by atoms with van der Waals surface area (Å²) in [5.41, 5.74) is 2.83. The largest absolute Gasteiger partial charge is 0.339 e. The molecule has 1 saturated carbocycles. The van der Waals surface area contributed by atoms with E-state index in [0.29, 0.717) is 30.2 Å². The van der Waals surface area contributed by atoms with E-state index in [4.69, 9.17) is 0 Å². The molecule has 0 radical (unpaired) electrons. The van der Waals surface area contributed by atoms with Crippen molar-refractivity contribution >= 4 is 5.91 Å².